The molecule has 2 saturated heterocycles. The van der Waals surface area contributed by atoms with Gasteiger partial charge < -0.3 is 15.3 Å². The summed E-state index contributed by atoms with van der Waals surface area (Å²) in [5.74, 6) is -0.0877. The summed E-state index contributed by atoms with van der Waals surface area (Å²) >= 11 is 6.30. The van der Waals surface area contributed by atoms with Crippen LogP contribution in [-0.4, -0.2) is 33.6 Å². The van der Waals surface area contributed by atoms with Gasteiger partial charge in [-0.3, -0.25) is 0 Å². The third kappa shape index (κ3) is 2.60. The number of nitrogens with one attached hydrogen (secondary N) is 1. The van der Waals surface area contributed by atoms with E-state index < -0.39 is 11.5 Å². The van der Waals surface area contributed by atoms with E-state index in [-0.39, 0.29) is 12.1 Å². The molecule has 6 heteroatoms. The van der Waals surface area contributed by atoms with Crippen LogP contribution in [-0.2, 0) is 4.79 Å². The number of hydrogen-bond donors (Lipinski definition) is 2. The first-order valence-corrected chi connectivity index (χ1v) is 9.41. The number of urea groups is 1. The average molecular weight is 363 g/mol. The number of carbonyl (C=O) groups is 2. The van der Waals surface area contributed by atoms with Crippen LogP contribution in [0.1, 0.15) is 56.9 Å². The van der Waals surface area contributed by atoms with Crippen molar-refractivity contribution in [2.45, 2.75) is 62.9 Å². The largest absolute Gasteiger partial charge is 0.479 e. The summed E-state index contributed by atoms with van der Waals surface area (Å²) in [4.78, 5) is 26.2. The third-order valence-electron chi connectivity index (χ3n) is 6.17. The van der Waals surface area contributed by atoms with Crippen LogP contribution in [0.3, 0.4) is 0 Å². The first kappa shape index (κ1) is 16.7. The van der Waals surface area contributed by atoms with Crippen molar-refractivity contribution in [2.75, 3.05) is 5.32 Å². The first-order valence-electron chi connectivity index (χ1n) is 9.04. The van der Waals surface area contributed by atoms with Gasteiger partial charge in [0.05, 0.1) is 0 Å². The predicted molar refractivity (Wildman–Crippen MR) is 96.1 cm³/mol. The Bertz CT molecular complexity index is 733. The van der Waals surface area contributed by atoms with Gasteiger partial charge in [0.25, 0.3) is 0 Å². The molecule has 1 aromatic carbocycles. The maximum absolute atomic E-state index is 12.8. The minimum atomic E-state index is -1.03. The predicted octanol–water partition coefficient (Wildman–Crippen LogP) is 4.47. The number of rotatable bonds is 3. The SMILES string of the molecule is CC1CC2CC(C(=O)O)(C1)N2C(=O)Nc1ccc(Cl)c(C2CCC2)c1. The standard InChI is InChI=1S/C19H23ClN2O3/c1-11-7-14-10-19(9-11,17(23)24)22(14)18(25)21-13-5-6-16(20)15(8-13)12-3-2-4-12/h5-6,8,11-12,14H,2-4,7,9-10H2,1H3,(H,21,25)(H,23,24). The highest BCUT2D eigenvalue weighted by atomic mass is 35.5. The van der Waals surface area contributed by atoms with Gasteiger partial charge in [-0.25, -0.2) is 9.59 Å². The fourth-order valence-corrected chi connectivity index (χ4v) is 5.06. The molecule has 25 heavy (non-hydrogen) atoms. The minimum absolute atomic E-state index is 0.0262. The molecule has 2 N–H and O–H groups in total. The zero-order valence-corrected chi connectivity index (χ0v) is 15.1. The lowest BCUT2D eigenvalue weighted by atomic mass is 9.64. The number of anilines is 1. The molecule has 134 valence electrons. The Morgan fingerprint density at radius 1 is 1.32 bits per heavy atom. The van der Waals surface area contributed by atoms with E-state index in [2.05, 4.69) is 12.2 Å². The zero-order valence-electron chi connectivity index (χ0n) is 14.3. The van der Waals surface area contributed by atoms with E-state index >= 15 is 0 Å². The normalized spacial score (nSPS) is 31.0. The Kier molecular flexibility index (Phi) is 3.95. The van der Waals surface area contributed by atoms with Crippen LogP contribution in [0, 0.1) is 5.92 Å². The van der Waals surface area contributed by atoms with Gasteiger partial charge in [0.1, 0.15) is 5.54 Å². The molecule has 1 aromatic rings. The second-order valence-corrected chi connectivity index (χ2v) is 8.31. The fourth-order valence-electron chi connectivity index (χ4n) is 4.79. The highest BCUT2D eigenvalue weighted by Gasteiger charge is 2.63. The number of fused-ring (bicyclic) bond motifs is 2. The number of aliphatic carboxylic acids is 1. The van der Waals surface area contributed by atoms with E-state index in [1.807, 2.05) is 12.1 Å². The minimum Gasteiger partial charge on any atom is -0.479 e. The van der Waals surface area contributed by atoms with E-state index in [0.717, 1.165) is 29.8 Å². The van der Waals surface area contributed by atoms with Crippen molar-refractivity contribution in [3.8, 4) is 0 Å². The number of halogens is 1. The van der Waals surface area contributed by atoms with Crippen molar-refractivity contribution in [1.29, 1.82) is 0 Å². The summed E-state index contributed by atoms with van der Waals surface area (Å²) < 4.78 is 0. The third-order valence-corrected chi connectivity index (χ3v) is 6.51. The highest BCUT2D eigenvalue weighted by Crippen LogP contribution is 2.50. The number of carboxylic acid groups (broad SMARTS) is 1. The summed E-state index contributed by atoms with van der Waals surface area (Å²) in [5, 5.41) is 13.3. The molecule has 2 aliphatic carbocycles. The number of hydrogen-bond acceptors (Lipinski definition) is 2. The molecule has 4 aliphatic rings. The van der Waals surface area contributed by atoms with Crippen molar-refractivity contribution in [2.24, 2.45) is 5.92 Å². The summed E-state index contributed by atoms with van der Waals surface area (Å²) in [6.07, 6.45) is 5.44. The van der Waals surface area contributed by atoms with Crippen molar-refractivity contribution in [3.63, 3.8) is 0 Å². The summed E-state index contributed by atoms with van der Waals surface area (Å²) in [6, 6.07) is 5.26. The fraction of sp³-hybridized carbons (Fsp3) is 0.579. The number of benzene rings is 1. The molecular weight excluding hydrogens is 340 g/mol. The van der Waals surface area contributed by atoms with Crippen LogP contribution in [0.2, 0.25) is 5.02 Å². The van der Waals surface area contributed by atoms with Crippen LogP contribution < -0.4 is 5.32 Å². The molecule has 2 amide bonds. The molecule has 4 fully saturated rings. The molecule has 2 heterocycles. The van der Waals surface area contributed by atoms with Crippen molar-refractivity contribution >= 4 is 29.3 Å². The van der Waals surface area contributed by atoms with Gasteiger partial charge in [-0.05, 0) is 61.3 Å². The number of carbonyl (C=O) groups excluding carboxylic acids is 1. The van der Waals surface area contributed by atoms with Crippen molar-refractivity contribution < 1.29 is 14.7 Å². The molecule has 5 rings (SSSR count). The van der Waals surface area contributed by atoms with E-state index in [1.165, 1.54) is 6.42 Å². The molecule has 3 atom stereocenters. The van der Waals surface area contributed by atoms with Crippen LogP contribution >= 0.6 is 11.6 Å². The van der Waals surface area contributed by atoms with Crippen LogP contribution in [0.15, 0.2) is 18.2 Å². The van der Waals surface area contributed by atoms with Gasteiger partial charge in [-0.2, -0.15) is 0 Å². The zero-order chi connectivity index (χ0) is 17.8. The Morgan fingerprint density at radius 2 is 2.08 bits per heavy atom. The van der Waals surface area contributed by atoms with Crippen molar-refractivity contribution in [1.82, 2.24) is 4.90 Å². The molecule has 3 unspecified atom stereocenters. The highest BCUT2D eigenvalue weighted by molar-refractivity contribution is 6.31. The van der Waals surface area contributed by atoms with Gasteiger partial charge in [0.15, 0.2) is 0 Å². The number of piperidine rings is 1. The second-order valence-electron chi connectivity index (χ2n) is 7.90. The Balaban J connectivity index is 1.53. The summed E-state index contributed by atoms with van der Waals surface area (Å²) in [7, 11) is 0. The Morgan fingerprint density at radius 3 is 2.72 bits per heavy atom. The van der Waals surface area contributed by atoms with Crippen LogP contribution in [0.25, 0.3) is 0 Å². The quantitative estimate of drug-likeness (QED) is 0.833. The van der Waals surface area contributed by atoms with E-state index in [4.69, 9.17) is 11.6 Å². The lowest BCUT2D eigenvalue weighted by molar-refractivity contribution is -0.173. The molecule has 5 nitrogen and oxygen atoms in total. The van der Waals surface area contributed by atoms with Gasteiger partial charge in [-0.15, -0.1) is 0 Å². The van der Waals surface area contributed by atoms with E-state index in [0.29, 0.717) is 30.4 Å². The molecule has 2 bridgehead atoms. The lowest BCUT2D eigenvalue weighted by Gasteiger charge is -2.60. The number of amides is 2. The molecule has 2 aliphatic heterocycles. The average Bonchev–Trinajstić information content (AvgIpc) is 2.47. The Hall–Kier alpha value is -1.75. The van der Waals surface area contributed by atoms with Crippen molar-refractivity contribution in [3.05, 3.63) is 28.8 Å². The molecule has 0 aromatic heterocycles. The van der Waals surface area contributed by atoms with Gasteiger partial charge >= 0.3 is 12.0 Å². The lowest BCUT2D eigenvalue weighted by Crippen LogP contribution is -2.75. The van der Waals surface area contributed by atoms with Crippen LogP contribution in [0.5, 0.6) is 0 Å². The van der Waals surface area contributed by atoms with Gasteiger partial charge in [-0.1, -0.05) is 24.9 Å². The first-order chi connectivity index (χ1) is 11.9. The van der Waals surface area contributed by atoms with Gasteiger partial charge in [0, 0.05) is 23.2 Å². The summed E-state index contributed by atoms with van der Waals surface area (Å²) in [6.45, 7) is 2.06. The topological polar surface area (TPSA) is 69.6 Å². The maximum Gasteiger partial charge on any atom is 0.329 e. The van der Waals surface area contributed by atoms with E-state index in [9.17, 15) is 14.7 Å². The van der Waals surface area contributed by atoms with Crippen LogP contribution in [0.4, 0.5) is 10.5 Å². The molecule has 0 radical (unpaired) electrons. The smallest absolute Gasteiger partial charge is 0.329 e. The summed E-state index contributed by atoms with van der Waals surface area (Å²) in [5.41, 5.74) is 0.737. The number of nitrogens with zero attached hydrogens (tertiary/aromatic N) is 1. The molecular formula is C19H23ClN2O3. The maximum atomic E-state index is 12.8. The number of carboxylic acids is 1. The molecule has 2 saturated carbocycles. The van der Waals surface area contributed by atoms with Gasteiger partial charge in [0.2, 0.25) is 0 Å². The molecule has 0 spiro atoms. The van der Waals surface area contributed by atoms with E-state index in [1.54, 1.807) is 11.0 Å². The monoisotopic (exact) mass is 362 g/mol. The Labute approximate surface area is 152 Å². The second kappa shape index (κ2) is 5.90.